The maximum atomic E-state index is 12.6. The van der Waals surface area contributed by atoms with Crippen LogP contribution < -0.4 is 5.32 Å². The quantitative estimate of drug-likeness (QED) is 0.362. The number of rotatable bonds is 8. The molecule has 3 heterocycles. The molecule has 0 radical (unpaired) electrons. The molecule has 188 valence electrons. The minimum Gasteiger partial charge on any atom is -0.394 e. The molecule has 1 aliphatic rings. The maximum absolute atomic E-state index is 12.6. The first-order chi connectivity index (χ1) is 16.9. The third kappa shape index (κ3) is 5.56. The molecule has 1 amide bonds. The number of methoxy groups -OCH3 is 1. The molecule has 2 unspecified atom stereocenters. The standard InChI is InChI=1S/C21H24BrClN6O5S/c1-3-24-20(32)12-5-4-11(22)8-14(12)35-21-19(33-2)17(18(31)13(10-30)34-21)29-9-16(25-27-29)28-7-6-15(23)26-28/h4-9,13,17-19,21,30-31H,3,10H2,1-2H3,(H,24,32)/t13?,17-,18-,19?,21+/m0/s1. The number of nitrogens with zero attached hydrogens (tertiary/aromatic N) is 5. The van der Waals surface area contributed by atoms with E-state index in [0.29, 0.717) is 28.0 Å². The lowest BCUT2D eigenvalue weighted by molar-refractivity contribution is -0.186. The molecule has 2 aromatic heterocycles. The Bertz CT molecular complexity index is 1180. The molecule has 1 saturated heterocycles. The summed E-state index contributed by atoms with van der Waals surface area (Å²) < 4.78 is 15.5. The van der Waals surface area contributed by atoms with Crippen LogP contribution in [-0.2, 0) is 9.47 Å². The largest absolute Gasteiger partial charge is 0.394 e. The van der Waals surface area contributed by atoms with E-state index in [1.54, 1.807) is 30.6 Å². The number of carbonyl (C=O) groups is 1. The van der Waals surface area contributed by atoms with Gasteiger partial charge in [0.25, 0.3) is 5.91 Å². The van der Waals surface area contributed by atoms with Crippen LogP contribution in [0.25, 0.3) is 5.82 Å². The van der Waals surface area contributed by atoms with E-state index >= 15 is 0 Å². The number of benzene rings is 1. The fraction of sp³-hybridized carbons (Fsp3) is 0.429. The lowest BCUT2D eigenvalue weighted by atomic mass is 9.97. The number of aliphatic hydroxyl groups excluding tert-OH is 2. The number of hydrogen-bond donors (Lipinski definition) is 3. The first-order valence-electron chi connectivity index (χ1n) is 10.7. The van der Waals surface area contributed by atoms with Gasteiger partial charge in [0, 0.05) is 29.2 Å². The van der Waals surface area contributed by atoms with E-state index in [9.17, 15) is 15.0 Å². The van der Waals surface area contributed by atoms with Crippen LogP contribution in [0.3, 0.4) is 0 Å². The van der Waals surface area contributed by atoms with Crippen molar-refractivity contribution in [1.82, 2.24) is 30.1 Å². The summed E-state index contributed by atoms with van der Waals surface area (Å²) >= 11 is 10.6. The molecule has 1 aliphatic heterocycles. The highest BCUT2D eigenvalue weighted by Crippen LogP contribution is 2.41. The molecule has 1 aromatic carbocycles. The van der Waals surface area contributed by atoms with Crippen molar-refractivity contribution in [3.05, 3.63) is 51.8 Å². The van der Waals surface area contributed by atoms with Gasteiger partial charge in [-0.1, -0.05) is 44.5 Å². The summed E-state index contributed by atoms with van der Waals surface area (Å²) in [5, 5.41) is 36.5. The molecule has 0 bridgehead atoms. The molecule has 3 N–H and O–H groups in total. The van der Waals surface area contributed by atoms with E-state index in [4.69, 9.17) is 21.1 Å². The van der Waals surface area contributed by atoms with Gasteiger partial charge in [0.2, 0.25) is 0 Å². The van der Waals surface area contributed by atoms with Gasteiger partial charge in [0.1, 0.15) is 29.8 Å². The monoisotopic (exact) mass is 586 g/mol. The zero-order valence-corrected chi connectivity index (χ0v) is 21.9. The summed E-state index contributed by atoms with van der Waals surface area (Å²) in [6, 6.07) is 6.17. The van der Waals surface area contributed by atoms with Crippen LogP contribution in [0, 0.1) is 0 Å². The fourth-order valence-corrected chi connectivity index (χ4v) is 5.81. The number of thioether (sulfide) groups is 1. The summed E-state index contributed by atoms with van der Waals surface area (Å²) in [7, 11) is 1.50. The van der Waals surface area contributed by atoms with Crippen LogP contribution in [0.1, 0.15) is 23.3 Å². The van der Waals surface area contributed by atoms with Gasteiger partial charge in [-0.05, 0) is 31.2 Å². The smallest absolute Gasteiger partial charge is 0.252 e. The van der Waals surface area contributed by atoms with Crippen LogP contribution in [-0.4, -0.2) is 84.9 Å². The van der Waals surface area contributed by atoms with Crippen LogP contribution in [0.2, 0.25) is 5.15 Å². The summed E-state index contributed by atoms with van der Waals surface area (Å²) in [5.41, 5.74) is -0.222. The number of ether oxygens (including phenoxy) is 2. The molecule has 0 spiro atoms. The second-order valence-corrected chi connectivity index (χ2v) is 10.1. The van der Waals surface area contributed by atoms with E-state index in [2.05, 4.69) is 36.7 Å². The minimum atomic E-state index is -1.15. The second-order valence-electron chi connectivity index (χ2n) is 7.66. The molecule has 14 heteroatoms. The van der Waals surface area contributed by atoms with E-state index in [0.717, 1.165) is 4.47 Å². The Kier molecular flexibility index (Phi) is 8.47. The summed E-state index contributed by atoms with van der Waals surface area (Å²) in [5.74, 6) is 0.169. The molecule has 5 atom stereocenters. The zero-order valence-electron chi connectivity index (χ0n) is 18.8. The van der Waals surface area contributed by atoms with Crippen molar-refractivity contribution in [2.24, 2.45) is 0 Å². The minimum absolute atomic E-state index is 0.221. The number of hydrogen-bond acceptors (Lipinski definition) is 9. The van der Waals surface area contributed by atoms with Crippen molar-refractivity contribution >= 4 is 45.2 Å². The van der Waals surface area contributed by atoms with Crippen molar-refractivity contribution in [3.63, 3.8) is 0 Å². The van der Waals surface area contributed by atoms with Crippen LogP contribution in [0.4, 0.5) is 0 Å². The lowest BCUT2D eigenvalue weighted by Crippen LogP contribution is -2.55. The van der Waals surface area contributed by atoms with Gasteiger partial charge in [0.05, 0.1) is 18.4 Å². The Morgan fingerprint density at radius 3 is 2.86 bits per heavy atom. The van der Waals surface area contributed by atoms with Crippen molar-refractivity contribution in [1.29, 1.82) is 0 Å². The Morgan fingerprint density at radius 2 is 2.20 bits per heavy atom. The molecular weight excluding hydrogens is 564 g/mol. The van der Waals surface area contributed by atoms with E-state index < -0.39 is 36.4 Å². The molecule has 4 rings (SSSR count). The normalized spacial score (nSPS) is 24.5. The van der Waals surface area contributed by atoms with E-state index in [1.807, 2.05) is 13.0 Å². The molecule has 0 saturated carbocycles. The van der Waals surface area contributed by atoms with E-state index in [1.165, 1.54) is 28.2 Å². The van der Waals surface area contributed by atoms with Gasteiger partial charge in [0.15, 0.2) is 11.0 Å². The Labute approximate surface area is 218 Å². The van der Waals surface area contributed by atoms with Crippen molar-refractivity contribution in [2.45, 2.75) is 41.6 Å². The van der Waals surface area contributed by atoms with Gasteiger partial charge in [-0.25, -0.2) is 9.36 Å². The highest BCUT2D eigenvalue weighted by Gasteiger charge is 2.47. The Morgan fingerprint density at radius 1 is 1.40 bits per heavy atom. The van der Waals surface area contributed by atoms with Gasteiger partial charge < -0.3 is 25.0 Å². The van der Waals surface area contributed by atoms with Crippen molar-refractivity contribution in [3.8, 4) is 5.82 Å². The van der Waals surface area contributed by atoms with Crippen LogP contribution >= 0.6 is 39.3 Å². The number of nitrogens with one attached hydrogen (secondary N) is 1. The third-order valence-electron chi connectivity index (χ3n) is 5.46. The number of amides is 1. The molecule has 11 nitrogen and oxygen atoms in total. The van der Waals surface area contributed by atoms with Crippen LogP contribution in [0.15, 0.2) is 46.0 Å². The fourth-order valence-electron chi connectivity index (χ4n) is 3.82. The third-order valence-corrected chi connectivity index (χ3v) is 7.36. The van der Waals surface area contributed by atoms with Crippen LogP contribution in [0.5, 0.6) is 0 Å². The number of aliphatic hydroxyl groups is 2. The molecule has 1 fully saturated rings. The lowest BCUT2D eigenvalue weighted by Gasteiger charge is -2.43. The highest BCUT2D eigenvalue weighted by molar-refractivity contribution is 9.10. The molecule has 0 aliphatic carbocycles. The Balaban J connectivity index is 1.67. The van der Waals surface area contributed by atoms with Gasteiger partial charge in [-0.3, -0.25) is 4.79 Å². The first-order valence-corrected chi connectivity index (χ1v) is 12.8. The topological polar surface area (TPSA) is 137 Å². The highest BCUT2D eigenvalue weighted by atomic mass is 79.9. The summed E-state index contributed by atoms with van der Waals surface area (Å²) in [6.45, 7) is 1.90. The van der Waals surface area contributed by atoms with Gasteiger partial charge in [-0.2, -0.15) is 5.10 Å². The van der Waals surface area contributed by atoms with Crippen molar-refractivity contribution < 1.29 is 24.5 Å². The number of carbonyl (C=O) groups excluding carboxylic acids is 1. The number of aromatic nitrogens is 5. The predicted molar refractivity (Wildman–Crippen MR) is 132 cm³/mol. The SMILES string of the molecule is CCNC(=O)c1ccc(Br)cc1S[C@H]1OC(CO)[C@H](O)[C@H](n2cc(-n3ccc(Cl)n3)nn2)C1OC. The number of halogens is 2. The predicted octanol–water partition coefficient (Wildman–Crippen LogP) is 2.06. The molecule has 35 heavy (non-hydrogen) atoms. The van der Waals surface area contributed by atoms with E-state index in [-0.39, 0.29) is 5.91 Å². The average molecular weight is 588 g/mol. The van der Waals surface area contributed by atoms with Crippen molar-refractivity contribution in [2.75, 3.05) is 20.3 Å². The summed E-state index contributed by atoms with van der Waals surface area (Å²) in [4.78, 5) is 13.3. The maximum Gasteiger partial charge on any atom is 0.252 e. The molecular formula is C21H24BrClN6O5S. The van der Waals surface area contributed by atoms with Gasteiger partial charge in [-0.15, -0.1) is 5.10 Å². The molecule has 3 aromatic rings. The average Bonchev–Trinajstić information content (AvgIpc) is 3.49. The first kappa shape index (κ1) is 26.1. The van der Waals surface area contributed by atoms with Gasteiger partial charge >= 0.3 is 0 Å². The second kappa shape index (κ2) is 11.4. The zero-order chi connectivity index (χ0) is 25.1. The summed E-state index contributed by atoms with van der Waals surface area (Å²) in [6.07, 6.45) is 0.452. The Hall–Kier alpha value is -2.00.